The summed E-state index contributed by atoms with van der Waals surface area (Å²) in [5.41, 5.74) is 2.52. The van der Waals surface area contributed by atoms with E-state index < -0.39 is 0 Å². The van der Waals surface area contributed by atoms with Gasteiger partial charge in [0.2, 0.25) is 0 Å². The molecule has 0 radical (unpaired) electrons. The first kappa shape index (κ1) is 16.1. The number of anilines is 1. The highest BCUT2D eigenvalue weighted by atomic mass is 16.5. The molecule has 0 spiro atoms. The van der Waals surface area contributed by atoms with Gasteiger partial charge in [-0.2, -0.15) is 0 Å². The van der Waals surface area contributed by atoms with Crippen molar-refractivity contribution in [3.8, 4) is 5.75 Å². The number of carbonyl (C=O) groups is 1. The number of ether oxygens (including phenoxy) is 1. The molecule has 0 unspecified atom stereocenters. The topological polar surface area (TPSA) is 38.3 Å². The van der Waals surface area contributed by atoms with Gasteiger partial charge in [-0.05, 0) is 37.6 Å². The number of carbonyl (C=O) groups excluding carboxylic acids is 1. The van der Waals surface area contributed by atoms with Crippen LogP contribution >= 0.6 is 0 Å². The van der Waals surface area contributed by atoms with Gasteiger partial charge in [0.05, 0.1) is 12.2 Å². The quantitative estimate of drug-likeness (QED) is 0.744. The lowest BCUT2D eigenvalue weighted by atomic mass is 10.1. The number of unbranched alkanes of at least 4 members (excludes halogenated alkanes) is 2. The van der Waals surface area contributed by atoms with Gasteiger partial charge < -0.3 is 10.1 Å². The highest BCUT2D eigenvalue weighted by molar-refractivity contribution is 6.06. The van der Waals surface area contributed by atoms with Crippen LogP contribution in [0.4, 0.5) is 5.69 Å². The minimum atomic E-state index is -0.144. The van der Waals surface area contributed by atoms with E-state index in [2.05, 4.69) is 12.2 Å². The van der Waals surface area contributed by atoms with Crippen molar-refractivity contribution in [1.29, 1.82) is 0 Å². The fraction of sp³-hybridized carbons (Fsp3) is 0.316. The van der Waals surface area contributed by atoms with Crippen LogP contribution in [0.1, 0.15) is 42.1 Å². The van der Waals surface area contributed by atoms with Gasteiger partial charge in [0, 0.05) is 5.69 Å². The molecule has 0 aromatic heterocycles. The van der Waals surface area contributed by atoms with Crippen LogP contribution in [-0.4, -0.2) is 12.5 Å². The number of aryl methyl sites for hydroxylation is 1. The van der Waals surface area contributed by atoms with E-state index in [1.54, 1.807) is 6.07 Å². The van der Waals surface area contributed by atoms with Crippen LogP contribution < -0.4 is 10.1 Å². The van der Waals surface area contributed by atoms with Crippen LogP contribution in [-0.2, 0) is 0 Å². The Hall–Kier alpha value is -2.29. The number of nitrogens with one attached hydrogen (secondary N) is 1. The summed E-state index contributed by atoms with van der Waals surface area (Å²) >= 11 is 0. The SMILES string of the molecule is CCCCCOc1ccccc1C(=O)Nc1ccc(C)cc1. The molecule has 116 valence electrons. The second-order valence-electron chi connectivity index (χ2n) is 5.37. The summed E-state index contributed by atoms with van der Waals surface area (Å²) in [6.45, 7) is 4.82. The second kappa shape index (κ2) is 8.23. The summed E-state index contributed by atoms with van der Waals surface area (Å²) in [5, 5.41) is 2.91. The molecule has 1 amide bonds. The molecular weight excluding hydrogens is 274 g/mol. The molecule has 2 rings (SSSR count). The van der Waals surface area contributed by atoms with Crippen LogP contribution in [0.25, 0.3) is 0 Å². The molecule has 3 heteroatoms. The van der Waals surface area contributed by atoms with Gasteiger partial charge in [0.1, 0.15) is 5.75 Å². The van der Waals surface area contributed by atoms with Gasteiger partial charge in [-0.25, -0.2) is 0 Å². The number of amides is 1. The minimum absolute atomic E-state index is 0.144. The normalized spacial score (nSPS) is 10.3. The molecule has 0 aliphatic carbocycles. The molecule has 0 bridgehead atoms. The first-order valence-corrected chi connectivity index (χ1v) is 7.80. The van der Waals surface area contributed by atoms with Crippen LogP contribution in [0.15, 0.2) is 48.5 Å². The minimum Gasteiger partial charge on any atom is -0.493 e. The molecule has 0 fully saturated rings. The monoisotopic (exact) mass is 297 g/mol. The first-order valence-electron chi connectivity index (χ1n) is 7.80. The molecule has 3 nitrogen and oxygen atoms in total. The summed E-state index contributed by atoms with van der Waals surface area (Å²) in [5.74, 6) is 0.498. The Bertz CT molecular complexity index is 605. The predicted molar refractivity (Wildman–Crippen MR) is 90.6 cm³/mol. The molecular formula is C19H23NO2. The lowest BCUT2D eigenvalue weighted by molar-refractivity contribution is 0.102. The predicted octanol–water partition coefficient (Wildman–Crippen LogP) is 4.82. The lowest BCUT2D eigenvalue weighted by Crippen LogP contribution is -2.14. The number of hydrogen-bond acceptors (Lipinski definition) is 2. The molecule has 22 heavy (non-hydrogen) atoms. The zero-order valence-corrected chi connectivity index (χ0v) is 13.3. The Morgan fingerprint density at radius 3 is 2.50 bits per heavy atom. The Balaban J connectivity index is 2.03. The average Bonchev–Trinajstić information content (AvgIpc) is 2.54. The molecule has 0 heterocycles. The third-order valence-electron chi connectivity index (χ3n) is 3.45. The van der Waals surface area contributed by atoms with Crippen LogP contribution in [0.5, 0.6) is 5.75 Å². The Morgan fingerprint density at radius 2 is 1.77 bits per heavy atom. The van der Waals surface area contributed by atoms with Crippen molar-refractivity contribution < 1.29 is 9.53 Å². The molecule has 0 aliphatic heterocycles. The van der Waals surface area contributed by atoms with E-state index in [0.717, 1.165) is 30.5 Å². The molecule has 2 aromatic rings. The van der Waals surface area contributed by atoms with Crippen molar-refractivity contribution in [2.24, 2.45) is 0 Å². The molecule has 2 aromatic carbocycles. The fourth-order valence-electron chi connectivity index (χ4n) is 2.15. The highest BCUT2D eigenvalue weighted by Gasteiger charge is 2.12. The van der Waals surface area contributed by atoms with Gasteiger partial charge in [-0.3, -0.25) is 4.79 Å². The maximum Gasteiger partial charge on any atom is 0.259 e. The standard InChI is InChI=1S/C19H23NO2/c1-3-4-7-14-22-18-9-6-5-8-17(18)19(21)20-16-12-10-15(2)11-13-16/h5-6,8-13H,3-4,7,14H2,1-2H3,(H,20,21). The fourth-order valence-corrected chi connectivity index (χ4v) is 2.15. The van der Waals surface area contributed by atoms with Crippen molar-refractivity contribution in [3.63, 3.8) is 0 Å². The molecule has 0 atom stereocenters. The van der Waals surface area contributed by atoms with Crippen molar-refractivity contribution in [1.82, 2.24) is 0 Å². The van der Waals surface area contributed by atoms with E-state index in [0.29, 0.717) is 17.9 Å². The van der Waals surface area contributed by atoms with Gasteiger partial charge in [0.25, 0.3) is 5.91 Å². The van der Waals surface area contributed by atoms with Gasteiger partial charge >= 0.3 is 0 Å². The molecule has 1 N–H and O–H groups in total. The number of rotatable bonds is 7. The summed E-state index contributed by atoms with van der Waals surface area (Å²) in [6.07, 6.45) is 3.29. The summed E-state index contributed by atoms with van der Waals surface area (Å²) in [4.78, 5) is 12.4. The van der Waals surface area contributed by atoms with Crippen LogP contribution in [0.2, 0.25) is 0 Å². The summed E-state index contributed by atoms with van der Waals surface area (Å²) < 4.78 is 5.76. The Labute approximate surface area is 132 Å². The Kier molecular flexibility index (Phi) is 6.01. The van der Waals surface area contributed by atoms with Crippen molar-refractivity contribution in [3.05, 3.63) is 59.7 Å². The van der Waals surface area contributed by atoms with Crippen LogP contribution in [0, 0.1) is 6.92 Å². The van der Waals surface area contributed by atoms with E-state index in [1.165, 1.54) is 0 Å². The van der Waals surface area contributed by atoms with Crippen molar-refractivity contribution in [2.75, 3.05) is 11.9 Å². The number of para-hydroxylation sites is 1. The van der Waals surface area contributed by atoms with E-state index in [9.17, 15) is 4.79 Å². The molecule has 0 saturated carbocycles. The van der Waals surface area contributed by atoms with E-state index in [1.807, 2.05) is 49.4 Å². The second-order valence-corrected chi connectivity index (χ2v) is 5.37. The van der Waals surface area contributed by atoms with Crippen molar-refractivity contribution >= 4 is 11.6 Å². The summed E-state index contributed by atoms with van der Waals surface area (Å²) in [7, 11) is 0. The zero-order valence-electron chi connectivity index (χ0n) is 13.3. The smallest absolute Gasteiger partial charge is 0.259 e. The third kappa shape index (κ3) is 4.62. The Morgan fingerprint density at radius 1 is 1.05 bits per heavy atom. The van der Waals surface area contributed by atoms with E-state index in [4.69, 9.17) is 4.74 Å². The maximum absolute atomic E-state index is 12.4. The van der Waals surface area contributed by atoms with Gasteiger partial charge in [0.15, 0.2) is 0 Å². The number of hydrogen-bond donors (Lipinski definition) is 1. The zero-order chi connectivity index (χ0) is 15.8. The summed E-state index contributed by atoms with van der Waals surface area (Å²) in [6, 6.07) is 15.1. The van der Waals surface area contributed by atoms with Crippen LogP contribution in [0.3, 0.4) is 0 Å². The van der Waals surface area contributed by atoms with E-state index in [-0.39, 0.29) is 5.91 Å². The molecule has 0 aliphatic rings. The average molecular weight is 297 g/mol. The largest absolute Gasteiger partial charge is 0.493 e. The van der Waals surface area contributed by atoms with E-state index >= 15 is 0 Å². The third-order valence-corrected chi connectivity index (χ3v) is 3.45. The maximum atomic E-state index is 12.4. The first-order chi connectivity index (χ1) is 10.7. The van der Waals surface area contributed by atoms with Crippen molar-refractivity contribution in [2.45, 2.75) is 33.1 Å². The number of benzene rings is 2. The lowest BCUT2D eigenvalue weighted by Gasteiger charge is -2.11. The molecule has 0 saturated heterocycles. The van der Waals surface area contributed by atoms with Gasteiger partial charge in [-0.1, -0.05) is 49.6 Å². The van der Waals surface area contributed by atoms with Gasteiger partial charge in [-0.15, -0.1) is 0 Å². The highest BCUT2D eigenvalue weighted by Crippen LogP contribution is 2.20.